The summed E-state index contributed by atoms with van der Waals surface area (Å²) in [6.07, 6.45) is 11.5. The molecule has 0 unspecified atom stereocenters. The monoisotopic (exact) mass is 422 g/mol. The Morgan fingerprint density at radius 3 is 2.71 bits per heavy atom. The van der Waals surface area contributed by atoms with Crippen LogP contribution in [0.15, 0.2) is 48.8 Å². The molecule has 1 atom stereocenters. The average Bonchev–Trinajstić information content (AvgIpc) is 3.18. The van der Waals surface area contributed by atoms with Crippen molar-refractivity contribution in [3.05, 3.63) is 59.9 Å². The maximum atomic E-state index is 13.4. The van der Waals surface area contributed by atoms with Crippen molar-refractivity contribution in [3.8, 4) is 5.75 Å². The number of carbonyl (C=O) groups is 1. The third kappa shape index (κ3) is 5.37. The van der Waals surface area contributed by atoms with Crippen molar-refractivity contribution in [2.45, 2.75) is 45.8 Å². The molecule has 2 aromatic rings. The number of aromatic nitrogens is 2. The van der Waals surface area contributed by atoms with E-state index >= 15 is 0 Å². The lowest BCUT2D eigenvalue weighted by Gasteiger charge is -2.36. The molecular weight excluding hydrogens is 388 g/mol. The minimum absolute atomic E-state index is 0.0920. The van der Waals surface area contributed by atoms with Crippen molar-refractivity contribution < 1.29 is 9.53 Å². The van der Waals surface area contributed by atoms with Crippen molar-refractivity contribution in [2.24, 2.45) is 11.8 Å². The first-order chi connectivity index (χ1) is 15.2. The summed E-state index contributed by atoms with van der Waals surface area (Å²) in [6, 6.07) is 8.02. The highest BCUT2D eigenvalue weighted by atomic mass is 16.5. The highest BCUT2D eigenvalue weighted by Gasteiger charge is 2.34. The van der Waals surface area contributed by atoms with Crippen molar-refractivity contribution >= 4 is 5.91 Å². The highest BCUT2D eigenvalue weighted by molar-refractivity contribution is 5.80. The summed E-state index contributed by atoms with van der Waals surface area (Å²) < 4.78 is 7.33. The van der Waals surface area contributed by atoms with Crippen molar-refractivity contribution in [1.29, 1.82) is 0 Å². The lowest BCUT2D eigenvalue weighted by molar-refractivity contribution is -0.137. The third-order valence-electron chi connectivity index (χ3n) is 6.64. The van der Waals surface area contributed by atoms with Gasteiger partial charge in [0.05, 0.1) is 13.3 Å². The number of hydrogen-bond acceptors (Lipinski definition) is 4. The Labute approximate surface area is 185 Å². The van der Waals surface area contributed by atoms with Crippen molar-refractivity contribution in [1.82, 2.24) is 19.6 Å². The predicted octanol–water partition coefficient (Wildman–Crippen LogP) is 3.73. The molecule has 0 spiro atoms. The van der Waals surface area contributed by atoms with Gasteiger partial charge in [0.15, 0.2) is 0 Å². The molecule has 166 valence electrons. The minimum Gasteiger partial charge on any atom is -0.497 e. The number of piperidine rings is 1. The van der Waals surface area contributed by atoms with Crippen LogP contribution in [0.5, 0.6) is 5.75 Å². The van der Waals surface area contributed by atoms with Gasteiger partial charge in [-0.2, -0.15) is 5.10 Å². The zero-order valence-electron chi connectivity index (χ0n) is 18.7. The Balaban J connectivity index is 1.35. The quantitative estimate of drug-likeness (QED) is 0.638. The molecule has 3 heterocycles. The number of amides is 1. The maximum Gasteiger partial charge on any atom is 0.226 e. The Morgan fingerprint density at radius 2 is 1.97 bits per heavy atom. The summed E-state index contributed by atoms with van der Waals surface area (Å²) in [5.41, 5.74) is 2.39. The van der Waals surface area contributed by atoms with Crippen LogP contribution in [0.2, 0.25) is 0 Å². The molecule has 1 fully saturated rings. The van der Waals surface area contributed by atoms with E-state index in [1.54, 1.807) is 7.11 Å². The van der Waals surface area contributed by atoms with Gasteiger partial charge < -0.3 is 9.64 Å². The lowest BCUT2D eigenvalue weighted by atomic mass is 9.81. The van der Waals surface area contributed by atoms with Crippen molar-refractivity contribution in [3.63, 3.8) is 0 Å². The molecule has 0 aliphatic carbocycles. The van der Waals surface area contributed by atoms with Gasteiger partial charge in [0.2, 0.25) is 5.91 Å². The molecule has 4 rings (SSSR count). The number of benzene rings is 1. The van der Waals surface area contributed by atoms with Crippen LogP contribution < -0.4 is 4.74 Å². The fourth-order valence-electron chi connectivity index (χ4n) is 4.83. The summed E-state index contributed by atoms with van der Waals surface area (Å²) in [7, 11) is 1.68. The van der Waals surface area contributed by atoms with Gasteiger partial charge in [0.1, 0.15) is 5.75 Å². The van der Waals surface area contributed by atoms with Crippen molar-refractivity contribution in [2.75, 3.05) is 26.7 Å². The van der Waals surface area contributed by atoms with Crippen LogP contribution in [0.4, 0.5) is 0 Å². The molecule has 1 saturated heterocycles. The Hall–Kier alpha value is -2.60. The number of aryl methyl sites for hydroxylation is 1. The van der Waals surface area contributed by atoms with Gasteiger partial charge in [-0.25, -0.2) is 0 Å². The zero-order valence-corrected chi connectivity index (χ0v) is 18.7. The van der Waals surface area contributed by atoms with Gasteiger partial charge in [-0.15, -0.1) is 0 Å². The fraction of sp³-hybridized carbons (Fsp3) is 0.520. The number of nitrogens with zero attached hydrogens (tertiary/aromatic N) is 4. The molecule has 31 heavy (non-hydrogen) atoms. The van der Waals surface area contributed by atoms with Gasteiger partial charge in [-0.3, -0.25) is 14.4 Å². The fourth-order valence-corrected chi connectivity index (χ4v) is 4.83. The minimum atomic E-state index is 0.0920. The van der Waals surface area contributed by atoms with E-state index in [0.29, 0.717) is 24.9 Å². The van der Waals surface area contributed by atoms with Crippen LogP contribution in [0.3, 0.4) is 0 Å². The van der Waals surface area contributed by atoms with Crippen LogP contribution in [-0.2, 0) is 24.4 Å². The largest absolute Gasteiger partial charge is 0.497 e. The van der Waals surface area contributed by atoms with E-state index in [4.69, 9.17) is 4.74 Å². The second-order valence-electron chi connectivity index (χ2n) is 8.70. The van der Waals surface area contributed by atoms with Crippen LogP contribution >= 0.6 is 0 Å². The first-order valence-corrected chi connectivity index (χ1v) is 11.5. The van der Waals surface area contributed by atoms with E-state index in [2.05, 4.69) is 41.3 Å². The van der Waals surface area contributed by atoms with Crippen LogP contribution in [0.1, 0.15) is 37.3 Å². The molecule has 2 aliphatic rings. The molecule has 0 bridgehead atoms. The summed E-state index contributed by atoms with van der Waals surface area (Å²) in [5.74, 6) is 1.69. The van der Waals surface area contributed by atoms with Crippen LogP contribution in [-0.4, -0.2) is 52.2 Å². The average molecular weight is 423 g/mol. The smallest absolute Gasteiger partial charge is 0.226 e. The molecule has 0 radical (unpaired) electrons. The second kappa shape index (κ2) is 10.1. The molecule has 0 saturated carbocycles. The van der Waals surface area contributed by atoms with Gasteiger partial charge in [-0.05, 0) is 62.9 Å². The van der Waals surface area contributed by atoms with E-state index in [9.17, 15) is 4.79 Å². The predicted molar refractivity (Wildman–Crippen MR) is 122 cm³/mol. The van der Waals surface area contributed by atoms with Crippen LogP contribution in [0.25, 0.3) is 0 Å². The number of rotatable bonds is 7. The van der Waals surface area contributed by atoms with E-state index in [1.807, 2.05) is 34.0 Å². The Bertz CT molecular complexity index is 898. The molecule has 6 nitrogen and oxygen atoms in total. The molecule has 2 aliphatic heterocycles. The normalized spacial score (nSPS) is 20.8. The van der Waals surface area contributed by atoms with E-state index < -0.39 is 0 Å². The van der Waals surface area contributed by atoms with E-state index in [-0.39, 0.29) is 5.92 Å². The first kappa shape index (κ1) is 21.6. The number of hydrogen-bond donors (Lipinski definition) is 0. The molecular formula is C25H34N4O2. The third-order valence-corrected chi connectivity index (χ3v) is 6.64. The Kier molecular flexibility index (Phi) is 7.07. The standard InChI is InChI=1S/C25H34N4O2/c1-3-29-19-21(16-26-29)17-27-13-10-22(11-14-27)24-9-4-5-12-28(25(24)30)18-20-7-6-8-23(15-20)31-2/h4-8,15-16,19,22,24H,3,9-14,17-18H2,1-2H3/t24-/m1/s1. The zero-order chi connectivity index (χ0) is 21.6. The molecule has 0 N–H and O–H groups in total. The Morgan fingerprint density at radius 1 is 1.13 bits per heavy atom. The van der Waals surface area contributed by atoms with Gasteiger partial charge in [-0.1, -0.05) is 24.3 Å². The molecule has 1 amide bonds. The SMILES string of the molecule is CCn1cc(CN2CCC([C@H]3CC=CCN(Cc4cccc(OC)c4)C3=O)CC2)cn1. The number of carbonyl (C=O) groups excluding carboxylic acids is 1. The highest BCUT2D eigenvalue weighted by Crippen LogP contribution is 2.31. The molecule has 1 aromatic carbocycles. The lowest BCUT2D eigenvalue weighted by Crippen LogP contribution is -2.42. The number of methoxy groups -OCH3 is 1. The number of ether oxygens (including phenoxy) is 1. The van der Waals surface area contributed by atoms with Gasteiger partial charge in [0.25, 0.3) is 0 Å². The maximum absolute atomic E-state index is 13.4. The van der Waals surface area contributed by atoms with Gasteiger partial charge >= 0.3 is 0 Å². The summed E-state index contributed by atoms with van der Waals surface area (Å²) in [6.45, 7) is 7.39. The second-order valence-corrected chi connectivity index (χ2v) is 8.70. The summed E-state index contributed by atoms with van der Waals surface area (Å²) >= 11 is 0. The molecule has 6 heteroatoms. The summed E-state index contributed by atoms with van der Waals surface area (Å²) in [5, 5.41) is 4.39. The van der Waals surface area contributed by atoms with E-state index in [0.717, 1.165) is 56.8 Å². The number of allylic oxidation sites excluding steroid dienone is 1. The van der Waals surface area contributed by atoms with Crippen LogP contribution in [0, 0.1) is 11.8 Å². The van der Waals surface area contributed by atoms with Gasteiger partial charge in [0, 0.05) is 43.9 Å². The molecule has 1 aromatic heterocycles. The number of likely N-dealkylation sites (tertiary alicyclic amines) is 1. The summed E-state index contributed by atoms with van der Waals surface area (Å²) in [4.78, 5) is 17.9. The topological polar surface area (TPSA) is 50.6 Å². The van der Waals surface area contributed by atoms with E-state index in [1.165, 1.54) is 5.56 Å². The first-order valence-electron chi connectivity index (χ1n) is 11.5.